The van der Waals surface area contributed by atoms with Crippen molar-refractivity contribution in [3.63, 3.8) is 0 Å². The number of hydrogen-bond acceptors (Lipinski definition) is 5. The van der Waals surface area contributed by atoms with Crippen LogP contribution in [-0.2, 0) is 4.79 Å². The zero-order valence-electron chi connectivity index (χ0n) is 18.4. The predicted octanol–water partition coefficient (Wildman–Crippen LogP) is 4.46. The highest BCUT2D eigenvalue weighted by atomic mass is 19.1. The average molecular weight is 455 g/mol. The van der Waals surface area contributed by atoms with Crippen LogP contribution in [0.2, 0.25) is 0 Å². The summed E-state index contributed by atoms with van der Waals surface area (Å²) in [6.45, 7) is 0.575. The Morgan fingerprint density at radius 1 is 1.18 bits per heavy atom. The van der Waals surface area contributed by atoms with Crippen molar-refractivity contribution < 1.29 is 14.0 Å². The van der Waals surface area contributed by atoms with Gasteiger partial charge in [0.2, 0.25) is 0 Å². The maximum Gasteiger partial charge on any atom is 0.254 e. The van der Waals surface area contributed by atoms with Crippen LogP contribution in [0.5, 0.6) is 0 Å². The zero-order valence-corrected chi connectivity index (χ0v) is 18.4. The summed E-state index contributed by atoms with van der Waals surface area (Å²) in [5, 5.41) is 12.1. The fourth-order valence-electron chi connectivity index (χ4n) is 4.66. The standard InChI is InChI=1S/C27H23FN4O2/c28-23-10-9-20(12-19(23)13-29)31-15-24(33)25-21-5-1-2-6-22(21)27(34)32(16-17-7-8-17)26(25)18-4-3-11-30-14-18/h1-6,9-12,14,17,25-26,31H,7-8,15-16H2/t25-,26-/m1/s1. The summed E-state index contributed by atoms with van der Waals surface area (Å²) in [6, 6.07) is 16.5. The molecule has 0 unspecified atom stereocenters. The van der Waals surface area contributed by atoms with Gasteiger partial charge in [0.15, 0.2) is 5.78 Å². The van der Waals surface area contributed by atoms with Crippen LogP contribution in [0, 0.1) is 23.1 Å². The van der Waals surface area contributed by atoms with Gasteiger partial charge in [0.25, 0.3) is 5.91 Å². The Balaban J connectivity index is 1.51. The van der Waals surface area contributed by atoms with Gasteiger partial charge in [-0.1, -0.05) is 24.3 Å². The first-order chi connectivity index (χ1) is 16.6. The first-order valence-corrected chi connectivity index (χ1v) is 11.3. The van der Waals surface area contributed by atoms with E-state index in [1.807, 2.05) is 41.3 Å². The monoisotopic (exact) mass is 454 g/mol. The number of aromatic nitrogens is 1. The van der Waals surface area contributed by atoms with Gasteiger partial charge < -0.3 is 10.2 Å². The fourth-order valence-corrected chi connectivity index (χ4v) is 4.66. The van der Waals surface area contributed by atoms with Gasteiger partial charge in [-0.05, 0) is 60.2 Å². The molecule has 1 fully saturated rings. The van der Waals surface area contributed by atoms with E-state index in [2.05, 4.69) is 10.3 Å². The van der Waals surface area contributed by atoms with Crippen molar-refractivity contribution in [3.05, 3.63) is 95.1 Å². The van der Waals surface area contributed by atoms with Gasteiger partial charge in [0.1, 0.15) is 11.9 Å². The van der Waals surface area contributed by atoms with Crippen molar-refractivity contribution in [1.29, 1.82) is 5.26 Å². The van der Waals surface area contributed by atoms with Gasteiger partial charge in [0, 0.05) is 30.2 Å². The Morgan fingerprint density at radius 3 is 2.74 bits per heavy atom. The third-order valence-corrected chi connectivity index (χ3v) is 6.52. The molecule has 34 heavy (non-hydrogen) atoms. The van der Waals surface area contributed by atoms with Gasteiger partial charge in [-0.3, -0.25) is 14.6 Å². The lowest BCUT2D eigenvalue weighted by atomic mass is 9.77. The lowest BCUT2D eigenvalue weighted by molar-refractivity contribution is -0.120. The van der Waals surface area contributed by atoms with Crippen molar-refractivity contribution >= 4 is 17.4 Å². The van der Waals surface area contributed by atoms with Crippen LogP contribution >= 0.6 is 0 Å². The predicted molar refractivity (Wildman–Crippen MR) is 125 cm³/mol. The van der Waals surface area contributed by atoms with E-state index >= 15 is 0 Å². The molecule has 0 saturated heterocycles. The van der Waals surface area contributed by atoms with Crippen molar-refractivity contribution in [2.75, 3.05) is 18.4 Å². The van der Waals surface area contributed by atoms with Crippen molar-refractivity contribution in [1.82, 2.24) is 9.88 Å². The first-order valence-electron chi connectivity index (χ1n) is 11.3. The number of carbonyl (C=O) groups excluding carboxylic acids is 2. The number of carbonyl (C=O) groups is 2. The maximum absolute atomic E-state index is 13.7. The number of nitrogens with one attached hydrogen (secondary N) is 1. The van der Waals surface area contributed by atoms with Crippen LogP contribution in [0.25, 0.3) is 0 Å². The lowest BCUT2D eigenvalue weighted by Gasteiger charge is -2.42. The van der Waals surface area contributed by atoms with E-state index in [1.165, 1.54) is 18.2 Å². The third kappa shape index (κ3) is 4.15. The Morgan fingerprint density at radius 2 is 2.00 bits per heavy atom. The van der Waals surface area contributed by atoms with Crippen molar-refractivity contribution in [2.45, 2.75) is 24.8 Å². The molecule has 0 bridgehead atoms. The Bertz CT molecular complexity index is 1280. The van der Waals surface area contributed by atoms with Crippen LogP contribution in [-0.4, -0.2) is 34.7 Å². The molecule has 2 heterocycles. The van der Waals surface area contributed by atoms with E-state index < -0.39 is 17.8 Å². The highest BCUT2D eigenvalue weighted by Crippen LogP contribution is 2.45. The van der Waals surface area contributed by atoms with Crippen molar-refractivity contribution in [3.8, 4) is 6.07 Å². The quantitative estimate of drug-likeness (QED) is 0.570. The summed E-state index contributed by atoms with van der Waals surface area (Å²) in [5.41, 5.74) is 2.47. The fraction of sp³-hybridized carbons (Fsp3) is 0.259. The zero-order chi connectivity index (χ0) is 23.7. The molecule has 7 heteroatoms. The second kappa shape index (κ2) is 9.06. The molecule has 1 N–H and O–H groups in total. The molecule has 6 nitrogen and oxygen atoms in total. The number of nitrogens with zero attached hydrogens (tertiary/aromatic N) is 3. The third-order valence-electron chi connectivity index (χ3n) is 6.52. The highest BCUT2D eigenvalue weighted by molar-refractivity contribution is 6.02. The average Bonchev–Trinajstić information content (AvgIpc) is 3.69. The topological polar surface area (TPSA) is 86.1 Å². The second-order valence-electron chi connectivity index (χ2n) is 8.82. The molecule has 5 rings (SSSR count). The van der Waals surface area contributed by atoms with Gasteiger partial charge in [-0.25, -0.2) is 4.39 Å². The Hall–Kier alpha value is -4.05. The summed E-state index contributed by atoms with van der Waals surface area (Å²) in [4.78, 5) is 33.4. The second-order valence-corrected chi connectivity index (χ2v) is 8.82. The number of pyridine rings is 1. The van der Waals surface area contributed by atoms with Gasteiger partial charge in [-0.2, -0.15) is 5.26 Å². The number of benzene rings is 2. The van der Waals surface area contributed by atoms with E-state index in [1.54, 1.807) is 18.5 Å². The highest BCUT2D eigenvalue weighted by Gasteiger charge is 2.45. The maximum atomic E-state index is 13.7. The van der Waals surface area contributed by atoms with Crippen LogP contribution in [0.3, 0.4) is 0 Å². The number of ketones is 1. The van der Waals surface area contributed by atoms with E-state index in [9.17, 15) is 14.0 Å². The number of amides is 1. The molecule has 1 aliphatic carbocycles. The van der Waals surface area contributed by atoms with Gasteiger partial charge >= 0.3 is 0 Å². The number of hydrogen-bond donors (Lipinski definition) is 1. The molecule has 0 radical (unpaired) electrons. The molecule has 2 atom stereocenters. The minimum Gasteiger partial charge on any atom is -0.378 e. The van der Waals surface area contributed by atoms with E-state index in [-0.39, 0.29) is 23.8 Å². The molecular formula is C27H23FN4O2. The van der Waals surface area contributed by atoms with E-state index in [0.717, 1.165) is 18.4 Å². The molecule has 3 aromatic rings. The summed E-state index contributed by atoms with van der Waals surface area (Å²) >= 11 is 0. The number of rotatable bonds is 7. The Kier molecular flexibility index (Phi) is 5.81. The number of Topliss-reactive ketones (excluding diaryl/α,β-unsaturated/α-hetero) is 1. The molecule has 0 spiro atoms. The van der Waals surface area contributed by atoms with Gasteiger partial charge in [-0.15, -0.1) is 0 Å². The smallest absolute Gasteiger partial charge is 0.254 e. The molecule has 1 saturated carbocycles. The van der Waals surface area contributed by atoms with Crippen LogP contribution < -0.4 is 5.32 Å². The molecule has 2 aliphatic rings. The molecule has 1 aromatic heterocycles. The molecule has 170 valence electrons. The Labute approximate surface area is 197 Å². The van der Waals surface area contributed by atoms with Crippen LogP contribution in [0.4, 0.5) is 10.1 Å². The van der Waals surface area contributed by atoms with Gasteiger partial charge in [0.05, 0.1) is 24.1 Å². The minimum absolute atomic E-state index is 0.0300. The minimum atomic E-state index is -0.605. The normalized spacial score (nSPS) is 19.3. The summed E-state index contributed by atoms with van der Waals surface area (Å²) in [6.07, 6.45) is 5.56. The SMILES string of the molecule is N#Cc1cc(NCC(=O)[C@H]2c3ccccc3C(=O)N(CC3CC3)[C@@H]2c2cccnc2)ccc1F. The lowest BCUT2D eigenvalue weighted by Crippen LogP contribution is -2.46. The van der Waals surface area contributed by atoms with E-state index in [0.29, 0.717) is 29.3 Å². The summed E-state index contributed by atoms with van der Waals surface area (Å²) in [5.74, 6) is -0.902. The number of fused-ring (bicyclic) bond motifs is 1. The molecule has 2 aromatic carbocycles. The van der Waals surface area contributed by atoms with Crippen LogP contribution in [0.15, 0.2) is 67.0 Å². The largest absolute Gasteiger partial charge is 0.378 e. The number of halogens is 1. The molecular weight excluding hydrogens is 431 g/mol. The number of anilines is 1. The molecule has 1 aliphatic heterocycles. The molecule has 1 amide bonds. The van der Waals surface area contributed by atoms with Crippen LogP contribution in [0.1, 0.15) is 51.8 Å². The summed E-state index contributed by atoms with van der Waals surface area (Å²) in [7, 11) is 0. The van der Waals surface area contributed by atoms with E-state index in [4.69, 9.17) is 5.26 Å². The number of nitriles is 1. The summed E-state index contributed by atoms with van der Waals surface area (Å²) < 4.78 is 13.7. The van der Waals surface area contributed by atoms with Crippen molar-refractivity contribution in [2.24, 2.45) is 5.92 Å². The first kappa shape index (κ1) is 21.8.